The van der Waals surface area contributed by atoms with Crippen molar-refractivity contribution in [1.82, 2.24) is 4.90 Å². The predicted molar refractivity (Wildman–Crippen MR) is 68.3 cm³/mol. The largest absolute Gasteiger partial charge is 0.444 e. The van der Waals surface area contributed by atoms with Gasteiger partial charge >= 0.3 is 6.09 Å². The first-order valence-electron chi connectivity index (χ1n) is 6.85. The van der Waals surface area contributed by atoms with Crippen molar-refractivity contribution in [2.75, 3.05) is 13.1 Å². The first kappa shape index (κ1) is 13.4. The Labute approximate surface area is 109 Å². The summed E-state index contributed by atoms with van der Waals surface area (Å²) in [5, 5.41) is 0. The molecule has 4 nitrogen and oxygen atoms in total. The number of hydrogen-bond donors (Lipinski definition) is 0. The number of piperidine rings is 1. The SMILES string of the molecule is CC(C)(C)OC(=O)N1CC[C@@H]2CC(=O)CC[C@H]2C1. The Balaban J connectivity index is 1.91. The van der Waals surface area contributed by atoms with E-state index >= 15 is 0 Å². The van der Waals surface area contributed by atoms with Crippen LogP contribution in [-0.4, -0.2) is 35.5 Å². The zero-order valence-corrected chi connectivity index (χ0v) is 11.6. The molecule has 0 aromatic carbocycles. The number of carbonyl (C=O) groups excluding carboxylic acids is 2. The van der Waals surface area contributed by atoms with E-state index in [0.29, 0.717) is 30.5 Å². The lowest BCUT2D eigenvalue weighted by Crippen LogP contribution is -2.47. The minimum atomic E-state index is -0.434. The number of ketones is 1. The summed E-state index contributed by atoms with van der Waals surface area (Å²) in [6, 6.07) is 0. The van der Waals surface area contributed by atoms with Crippen LogP contribution in [0.15, 0.2) is 0 Å². The quantitative estimate of drug-likeness (QED) is 0.666. The number of nitrogens with zero attached hydrogens (tertiary/aromatic N) is 1. The van der Waals surface area contributed by atoms with Gasteiger partial charge in [-0.25, -0.2) is 4.79 Å². The summed E-state index contributed by atoms with van der Waals surface area (Å²) in [5.41, 5.74) is -0.434. The molecule has 0 spiro atoms. The number of hydrogen-bond acceptors (Lipinski definition) is 3. The monoisotopic (exact) mass is 253 g/mol. The molecule has 2 atom stereocenters. The maximum atomic E-state index is 12.0. The number of fused-ring (bicyclic) bond motifs is 1. The smallest absolute Gasteiger partial charge is 0.410 e. The number of amides is 1. The van der Waals surface area contributed by atoms with Crippen LogP contribution in [0.1, 0.15) is 46.5 Å². The number of likely N-dealkylation sites (tertiary alicyclic amines) is 1. The third-order valence-electron chi connectivity index (χ3n) is 3.83. The third kappa shape index (κ3) is 3.24. The van der Waals surface area contributed by atoms with Crippen molar-refractivity contribution in [2.45, 2.75) is 52.1 Å². The van der Waals surface area contributed by atoms with Crippen LogP contribution >= 0.6 is 0 Å². The molecule has 0 aromatic rings. The minimum absolute atomic E-state index is 0.210. The average Bonchev–Trinajstić information content (AvgIpc) is 2.26. The van der Waals surface area contributed by atoms with Crippen LogP contribution < -0.4 is 0 Å². The van der Waals surface area contributed by atoms with E-state index in [2.05, 4.69) is 0 Å². The molecule has 0 unspecified atom stereocenters. The Morgan fingerprint density at radius 3 is 2.67 bits per heavy atom. The molecule has 1 heterocycles. The normalized spacial score (nSPS) is 28.8. The fraction of sp³-hybridized carbons (Fsp3) is 0.857. The lowest BCUT2D eigenvalue weighted by Gasteiger charge is -2.40. The molecule has 1 saturated carbocycles. The van der Waals surface area contributed by atoms with Gasteiger partial charge in [-0.05, 0) is 45.4 Å². The number of ether oxygens (including phenoxy) is 1. The summed E-state index contributed by atoms with van der Waals surface area (Å²) in [6.45, 7) is 7.14. The predicted octanol–water partition coefficient (Wildman–Crippen LogP) is 2.61. The van der Waals surface area contributed by atoms with Crippen molar-refractivity contribution in [1.29, 1.82) is 0 Å². The van der Waals surface area contributed by atoms with Gasteiger partial charge in [-0.3, -0.25) is 4.79 Å². The van der Waals surface area contributed by atoms with E-state index in [4.69, 9.17) is 4.74 Å². The fourth-order valence-electron chi connectivity index (χ4n) is 2.91. The Hall–Kier alpha value is -1.06. The average molecular weight is 253 g/mol. The Bertz CT molecular complexity index is 345. The number of Topliss-reactive ketones (excluding diaryl/α,β-unsaturated/α-hetero) is 1. The van der Waals surface area contributed by atoms with Crippen LogP contribution in [0.4, 0.5) is 4.79 Å². The molecule has 2 rings (SSSR count). The highest BCUT2D eigenvalue weighted by Gasteiger charge is 2.36. The standard InChI is InChI=1S/C14H23NO3/c1-14(2,3)18-13(17)15-7-6-10-8-12(16)5-4-11(10)9-15/h10-11H,4-9H2,1-3H3/t10-,11+/m1/s1. The van der Waals surface area contributed by atoms with Crippen molar-refractivity contribution < 1.29 is 14.3 Å². The molecule has 0 N–H and O–H groups in total. The van der Waals surface area contributed by atoms with Gasteiger partial charge in [-0.15, -0.1) is 0 Å². The molecular weight excluding hydrogens is 230 g/mol. The Morgan fingerprint density at radius 2 is 2.00 bits per heavy atom. The number of carbonyl (C=O) groups is 2. The van der Waals surface area contributed by atoms with Gasteiger partial charge in [-0.1, -0.05) is 0 Å². The molecule has 18 heavy (non-hydrogen) atoms. The van der Waals surface area contributed by atoms with Gasteiger partial charge in [0.15, 0.2) is 0 Å². The van der Waals surface area contributed by atoms with E-state index in [9.17, 15) is 9.59 Å². The van der Waals surface area contributed by atoms with Gasteiger partial charge in [0.25, 0.3) is 0 Å². The second-order valence-electron chi connectivity index (χ2n) is 6.52. The molecule has 0 bridgehead atoms. The molecule has 1 saturated heterocycles. The lowest BCUT2D eigenvalue weighted by molar-refractivity contribution is -0.123. The van der Waals surface area contributed by atoms with Crippen LogP contribution in [0.5, 0.6) is 0 Å². The summed E-state index contributed by atoms with van der Waals surface area (Å²) in [7, 11) is 0. The molecule has 2 fully saturated rings. The minimum Gasteiger partial charge on any atom is -0.444 e. The van der Waals surface area contributed by atoms with E-state index in [-0.39, 0.29) is 6.09 Å². The third-order valence-corrected chi connectivity index (χ3v) is 3.83. The maximum Gasteiger partial charge on any atom is 0.410 e. The molecule has 1 amide bonds. The summed E-state index contributed by atoms with van der Waals surface area (Å²) >= 11 is 0. The topological polar surface area (TPSA) is 46.6 Å². The Morgan fingerprint density at radius 1 is 1.28 bits per heavy atom. The van der Waals surface area contributed by atoms with Crippen LogP contribution in [-0.2, 0) is 9.53 Å². The highest BCUT2D eigenvalue weighted by atomic mass is 16.6. The number of rotatable bonds is 0. The van der Waals surface area contributed by atoms with Gasteiger partial charge in [0, 0.05) is 25.9 Å². The second kappa shape index (κ2) is 4.90. The second-order valence-corrected chi connectivity index (χ2v) is 6.52. The van der Waals surface area contributed by atoms with Gasteiger partial charge in [0.2, 0.25) is 0 Å². The zero-order valence-electron chi connectivity index (χ0n) is 11.6. The van der Waals surface area contributed by atoms with E-state index < -0.39 is 5.60 Å². The fourth-order valence-corrected chi connectivity index (χ4v) is 2.91. The molecule has 0 aromatic heterocycles. The molecule has 0 radical (unpaired) electrons. The van der Waals surface area contributed by atoms with Crippen molar-refractivity contribution >= 4 is 11.9 Å². The van der Waals surface area contributed by atoms with Crippen molar-refractivity contribution in [2.24, 2.45) is 11.8 Å². The first-order valence-corrected chi connectivity index (χ1v) is 6.85. The summed E-state index contributed by atoms with van der Waals surface area (Å²) in [4.78, 5) is 25.2. The van der Waals surface area contributed by atoms with Gasteiger partial charge in [0.1, 0.15) is 11.4 Å². The van der Waals surface area contributed by atoms with Crippen LogP contribution in [0.3, 0.4) is 0 Å². The van der Waals surface area contributed by atoms with E-state index in [0.717, 1.165) is 25.9 Å². The molecule has 102 valence electrons. The van der Waals surface area contributed by atoms with Gasteiger partial charge in [0.05, 0.1) is 0 Å². The first-order chi connectivity index (χ1) is 8.35. The molecule has 4 heteroatoms. The highest BCUT2D eigenvalue weighted by Crippen LogP contribution is 2.35. The van der Waals surface area contributed by atoms with E-state index in [1.165, 1.54) is 0 Å². The van der Waals surface area contributed by atoms with Crippen LogP contribution in [0.2, 0.25) is 0 Å². The van der Waals surface area contributed by atoms with Crippen molar-refractivity contribution in [3.05, 3.63) is 0 Å². The molecule has 2 aliphatic rings. The van der Waals surface area contributed by atoms with Crippen molar-refractivity contribution in [3.63, 3.8) is 0 Å². The van der Waals surface area contributed by atoms with Crippen molar-refractivity contribution in [3.8, 4) is 0 Å². The zero-order chi connectivity index (χ0) is 13.3. The summed E-state index contributed by atoms with van der Waals surface area (Å²) in [5.74, 6) is 1.37. The van der Waals surface area contributed by atoms with Crippen LogP contribution in [0.25, 0.3) is 0 Å². The molecular formula is C14H23NO3. The maximum absolute atomic E-state index is 12.0. The Kier molecular flexibility index (Phi) is 3.64. The highest BCUT2D eigenvalue weighted by molar-refractivity contribution is 5.79. The summed E-state index contributed by atoms with van der Waals surface area (Å²) < 4.78 is 5.40. The summed E-state index contributed by atoms with van der Waals surface area (Å²) in [6.07, 6.45) is 3.06. The lowest BCUT2D eigenvalue weighted by atomic mass is 9.74. The van der Waals surface area contributed by atoms with Gasteiger partial charge in [-0.2, -0.15) is 0 Å². The molecule has 1 aliphatic carbocycles. The van der Waals surface area contributed by atoms with Crippen LogP contribution in [0, 0.1) is 11.8 Å². The van der Waals surface area contributed by atoms with E-state index in [1.54, 1.807) is 0 Å². The molecule has 1 aliphatic heterocycles. The van der Waals surface area contributed by atoms with Gasteiger partial charge < -0.3 is 9.64 Å². The van der Waals surface area contributed by atoms with E-state index in [1.807, 2.05) is 25.7 Å².